The molecule has 2 aliphatic rings. The summed E-state index contributed by atoms with van der Waals surface area (Å²) in [6, 6.07) is 16.7. The number of carbonyl (C=O) groups is 2. The molecule has 6 nitrogen and oxygen atoms in total. The number of rotatable bonds is 4. The molecule has 0 N–H and O–H groups in total. The summed E-state index contributed by atoms with van der Waals surface area (Å²) in [5.41, 5.74) is 2.24. The smallest absolute Gasteiger partial charge is 0.264 e. The highest BCUT2D eigenvalue weighted by atomic mass is 19.1. The molecule has 0 bridgehead atoms. The van der Waals surface area contributed by atoms with Crippen molar-refractivity contribution in [1.82, 2.24) is 4.90 Å². The van der Waals surface area contributed by atoms with E-state index in [9.17, 15) is 14.0 Å². The van der Waals surface area contributed by atoms with Crippen LogP contribution in [0.15, 0.2) is 60.7 Å². The number of nitrogens with zero attached hydrogens (tertiary/aromatic N) is 2. The third-order valence-electron chi connectivity index (χ3n) is 5.78. The summed E-state index contributed by atoms with van der Waals surface area (Å²) in [5.74, 6) is -0.229. The normalized spacial score (nSPS) is 16.7. The molecule has 2 amide bonds. The van der Waals surface area contributed by atoms with Gasteiger partial charge in [0.05, 0.1) is 37.6 Å². The molecule has 0 aromatic heterocycles. The molecule has 156 valence electrons. The van der Waals surface area contributed by atoms with Gasteiger partial charge < -0.3 is 14.4 Å². The van der Waals surface area contributed by atoms with Crippen molar-refractivity contribution < 1.29 is 23.5 Å². The third kappa shape index (κ3) is 2.70. The summed E-state index contributed by atoms with van der Waals surface area (Å²) in [7, 11) is 2.97. The Balaban J connectivity index is 1.73. The fourth-order valence-electron chi connectivity index (χ4n) is 4.40. The predicted molar refractivity (Wildman–Crippen MR) is 112 cm³/mol. The van der Waals surface area contributed by atoms with Gasteiger partial charge in [-0.25, -0.2) is 4.39 Å². The van der Waals surface area contributed by atoms with Crippen molar-refractivity contribution in [2.24, 2.45) is 0 Å². The van der Waals surface area contributed by atoms with E-state index in [2.05, 4.69) is 0 Å². The van der Waals surface area contributed by atoms with Crippen molar-refractivity contribution in [2.45, 2.75) is 12.7 Å². The fraction of sp³-hybridized carbons (Fsp3) is 0.167. The summed E-state index contributed by atoms with van der Waals surface area (Å²) in [4.78, 5) is 30.2. The number of fused-ring (bicyclic) bond motifs is 5. The second-order valence-corrected chi connectivity index (χ2v) is 7.36. The fourth-order valence-corrected chi connectivity index (χ4v) is 4.40. The van der Waals surface area contributed by atoms with E-state index in [-0.39, 0.29) is 18.4 Å². The molecule has 0 radical (unpaired) electrons. The average molecular weight is 418 g/mol. The minimum Gasteiger partial charge on any atom is -0.493 e. The average Bonchev–Trinajstić information content (AvgIpc) is 3.09. The summed E-state index contributed by atoms with van der Waals surface area (Å²) in [5, 5.41) is 0. The zero-order chi connectivity index (χ0) is 21.7. The van der Waals surface area contributed by atoms with E-state index in [1.54, 1.807) is 59.5 Å². The minimum absolute atomic E-state index is 0.0159. The maximum Gasteiger partial charge on any atom is 0.264 e. The van der Waals surface area contributed by atoms with Crippen LogP contribution in [0.1, 0.15) is 38.0 Å². The van der Waals surface area contributed by atoms with Gasteiger partial charge in [0.2, 0.25) is 0 Å². The molecule has 0 aliphatic carbocycles. The number of methoxy groups -OCH3 is 2. The summed E-state index contributed by atoms with van der Waals surface area (Å²) in [6.07, 6.45) is -0.718. The Bertz CT molecular complexity index is 1230. The van der Waals surface area contributed by atoms with Gasteiger partial charge in [-0.1, -0.05) is 36.4 Å². The molecule has 31 heavy (non-hydrogen) atoms. The van der Waals surface area contributed by atoms with Gasteiger partial charge in [0.15, 0.2) is 11.5 Å². The lowest BCUT2D eigenvalue weighted by molar-refractivity contribution is 0.0627. The van der Waals surface area contributed by atoms with Crippen LogP contribution in [0, 0.1) is 5.82 Å². The van der Waals surface area contributed by atoms with Crippen molar-refractivity contribution >= 4 is 17.5 Å². The number of hydrogen-bond acceptors (Lipinski definition) is 4. The molecule has 5 rings (SSSR count). The van der Waals surface area contributed by atoms with Crippen LogP contribution in [-0.2, 0) is 6.54 Å². The second-order valence-electron chi connectivity index (χ2n) is 7.36. The largest absolute Gasteiger partial charge is 0.493 e. The lowest BCUT2D eigenvalue weighted by Gasteiger charge is -2.41. The van der Waals surface area contributed by atoms with Gasteiger partial charge in [-0.3, -0.25) is 14.5 Å². The van der Waals surface area contributed by atoms with E-state index in [1.165, 1.54) is 25.2 Å². The molecule has 3 aromatic rings. The first kappa shape index (κ1) is 19.1. The molecule has 7 heteroatoms. The van der Waals surface area contributed by atoms with Gasteiger partial charge >= 0.3 is 0 Å². The van der Waals surface area contributed by atoms with Gasteiger partial charge in [0.1, 0.15) is 12.0 Å². The Hall–Kier alpha value is -3.87. The Morgan fingerprint density at radius 2 is 1.65 bits per heavy atom. The van der Waals surface area contributed by atoms with Crippen LogP contribution in [0.5, 0.6) is 11.5 Å². The number of carbonyl (C=O) groups excluding carboxylic acids is 2. The lowest BCUT2D eigenvalue weighted by Crippen LogP contribution is -2.47. The predicted octanol–water partition coefficient (Wildman–Crippen LogP) is 4.16. The molecular formula is C24H19FN2O4. The molecule has 0 saturated heterocycles. The van der Waals surface area contributed by atoms with Gasteiger partial charge in [-0.05, 0) is 24.3 Å². The van der Waals surface area contributed by atoms with Gasteiger partial charge in [-0.15, -0.1) is 0 Å². The summed E-state index contributed by atoms with van der Waals surface area (Å²) in [6.45, 7) is 0.0159. The van der Waals surface area contributed by atoms with E-state index in [4.69, 9.17) is 9.47 Å². The number of amides is 2. The first-order valence-electron chi connectivity index (χ1n) is 9.78. The van der Waals surface area contributed by atoms with Crippen molar-refractivity contribution in [3.63, 3.8) is 0 Å². The van der Waals surface area contributed by atoms with Gasteiger partial charge in [-0.2, -0.15) is 0 Å². The monoisotopic (exact) mass is 418 g/mol. The molecule has 1 unspecified atom stereocenters. The van der Waals surface area contributed by atoms with Crippen LogP contribution in [0.3, 0.4) is 0 Å². The highest BCUT2D eigenvalue weighted by molar-refractivity contribution is 6.18. The van der Waals surface area contributed by atoms with E-state index < -0.39 is 12.0 Å². The van der Waals surface area contributed by atoms with E-state index in [0.29, 0.717) is 39.4 Å². The van der Waals surface area contributed by atoms with Crippen LogP contribution in [-0.4, -0.2) is 30.9 Å². The zero-order valence-corrected chi connectivity index (χ0v) is 17.0. The van der Waals surface area contributed by atoms with E-state index >= 15 is 0 Å². The van der Waals surface area contributed by atoms with Crippen LogP contribution >= 0.6 is 0 Å². The van der Waals surface area contributed by atoms with Crippen LogP contribution < -0.4 is 14.4 Å². The van der Waals surface area contributed by atoms with E-state index in [1.807, 2.05) is 0 Å². The standard InChI is InChI=1S/C24H19FN2O4/c1-30-19-12-11-16-20(21(19)31-2)24(29)27-18-10-6-4-8-15(18)23(28)26(22(16)27)13-14-7-3-5-9-17(14)25/h3-12,22H,13H2,1-2H3. The molecule has 0 saturated carbocycles. The molecule has 1 atom stereocenters. The molecule has 2 aliphatic heterocycles. The van der Waals surface area contributed by atoms with Gasteiger partial charge in [0, 0.05) is 11.1 Å². The first-order valence-corrected chi connectivity index (χ1v) is 9.78. The second kappa shape index (κ2) is 7.12. The highest BCUT2D eigenvalue weighted by Gasteiger charge is 2.49. The van der Waals surface area contributed by atoms with E-state index in [0.717, 1.165) is 0 Å². The molecule has 2 heterocycles. The van der Waals surface area contributed by atoms with Crippen molar-refractivity contribution in [3.8, 4) is 11.5 Å². The Labute approximate surface area is 178 Å². The number of anilines is 1. The summed E-state index contributed by atoms with van der Waals surface area (Å²) < 4.78 is 25.3. The molecule has 0 fully saturated rings. The maximum atomic E-state index is 14.4. The first-order chi connectivity index (χ1) is 15.1. The quantitative estimate of drug-likeness (QED) is 0.639. The highest BCUT2D eigenvalue weighted by Crippen LogP contribution is 2.50. The van der Waals surface area contributed by atoms with Crippen molar-refractivity contribution in [3.05, 3.63) is 88.7 Å². The summed E-state index contributed by atoms with van der Waals surface area (Å²) >= 11 is 0. The van der Waals surface area contributed by atoms with Crippen LogP contribution in [0.25, 0.3) is 0 Å². The number of benzene rings is 3. The SMILES string of the molecule is COc1ccc2c(c1OC)C(=O)N1c3ccccc3C(=O)N(Cc3ccccc3F)C21. The van der Waals surface area contributed by atoms with Crippen LogP contribution in [0.4, 0.5) is 10.1 Å². The minimum atomic E-state index is -0.718. The Morgan fingerprint density at radius 3 is 2.39 bits per heavy atom. The van der Waals surface area contributed by atoms with Crippen LogP contribution in [0.2, 0.25) is 0 Å². The maximum absolute atomic E-state index is 14.4. The zero-order valence-electron chi connectivity index (χ0n) is 17.0. The number of halogens is 1. The molecule has 3 aromatic carbocycles. The van der Waals surface area contributed by atoms with Crippen molar-refractivity contribution in [1.29, 1.82) is 0 Å². The number of para-hydroxylation sites is 1. The number of ether oxygens (including phenoxy) is 2. The molecule has 0 spiro atoms. The lowest BCUT2D eigenvalue weighted by atomic mass is 10.0. The van der Waals surface area contributed by atoms with Gasteiger partial charge in [0.25, 0.3) is 11.8 Å². The third-order valence-corrected chi connectivity index (χ3v) is 5.78. The Kier molecular flexibility index (Phi) is 4.39. The number of hydrogen-bond donors (Lipinski definition) is 0. The topological polar surface area (TPSA) is 59.1 Å². The van der Waals surface area contributed by atoms with Crippen molar-refractivity contribution in [2.75, 3.05) is 19.1 Å². The Morgan fingerprint density at radius 1 is 0.903 bits per heavy atom. The molecular weight excluding hydrogens is 399 g/mol.